The van der Waals surface area contributed by atoms with Gasteiger partial charge in [0.25, 0.3) is 0 Å². The third-order valence-electron chi connectivity index (χ3n) is 1.59. The molecule has 1 aromatic heterocycles. The fourth-order valence-corrected chi connectivity index (χ4v) is 1.82. The highest BCUT2D eigenvalue weighted by Crippen LogP contribution is 2.35. The van der Waals surface area contributed by atoms with Crippen molar-refractivity contribution >= 4 is 40.0 Å². The SMILES string of the molecule is O=[N+]([O-])c1ncc(I)c(OC(F)(F)F)c1CCl. The van der Waals surface area contributed by atoms with Gasteiger partial charge in [0.05, 0.1) is 9.45 Å². The molecule has 0 fully saturated rings. The van der Waals surface area contributed by atoms with Gasteiger partial charge < -0.3 is 14.9 Å². The van der Waals surface area contributed by atoms with Crippen LogP contribution in [0.4, 0.5) is 19.0 Å². The standard InChI is InChI=1S/C7H3ClF3IN2O3/c8-1-3-5(17-7(9,10)11)4(12)2-13-6(3)14(15)16/h2H,1H2. The van der Waals surface area contributed by atoms with Crippen molar-refractivity contribution < 1.29 is 22.8 Å². The molecule has 0 saturated heterocycles. The van der Waals surface area contributed by atoms with Gasteiger partial charge >= 0.3 is 12.2 Å². The molecule has 0 radical (unpaired) electrons. The van der Waals surface area contributed by atoms with Crippen molar-refractivity contribution in [3.05, 3.63) is 25.4 Å². The molecule has 17 heavy (non-hydrogen) atoms. The van der Waals surface area contributed by atoms with E-state index in [0.717, 1.165) is 6.20 Å². The van der Waals surface area contributed by atoms with E-state index in [1.165, 1.54) is 22.6 Å². The van der Waals surface area contributed by atoms with Crippen molar-refractivity contribution in [3.63, 3.8) is 0 Å². The van der Waals surface area contributed by atoms with Crippen LogP contribution >= 0.6 is 34.2 Å². The molecule has 1 rings (SSSR count). The van der Waals surface area contributed by atoms with Gasteiger partial charge in [-0.25, -0.2) is 0 Å². The summed E-state index contributed by atoms with van der Waals surface area (Å²) in [6.07, 6.45) is -4.04. The lowest BCUT2D eigenvalue weighted by molar-refractivity contribution is -0.390. The maximum Gasteiger partial charge on any atom is 0.573 e. The fraction of sp³-hybridized carbons (Fsp3) is 0.286. The maximum atomic E-state index is 12.1. The molecule has 10 heteroatoms. The molecule has 0 aliphatic carbocycles. The van der Waals surface area contributed by atoms with E-state index in [0.29, 0.717) is 0 Å². The van der Waals surface area contributed by atoms with Crippen molar-refractivity contribution in [2.24, 2.45) is 0 Å². The van der Waals surface area contributed by atoms with Gasteiger partial charge in [0.2, 0.25) is 0 Å². The Labute approximate surface area is 111 Å². The predicted molar refractivity (Wildman–Crippen MR) is 59.8 cm³/mol. The molecule has 0 atom stereocenters. The molecule has 94 valence electrons. The lowest BCUT2D eigenvalue weighted by Gasteiger charge is -2.12. The minimum Gasteiger partial charge on any atom is -0.404 e. The third-order valence-corrected chi connectivity index (χ3v) is 2.62. The average Bonchev–Trinajstić information content (AvgIpc) is 2.18. The summed E-state index contributed by atoms with van der Waals surface area (Å²) in [7, 11) is 0. The fourth-order valence-electron chi connectivity index (χ4n) is 1.00. The molecule has 1 aromatic rings. The van der Waals surface area contributed by atoms with Crippen LogP contribution in [0.3, 0.4) is 0 Å². The molecule has 0 amide bonds. The Morgan fingerprint density at radius 3 is 2.59 bits per heavy atom. The zero-order chi connectivity index (χ0) is 13.2. The predicted octanol–water partition coefficient (Wildman–Crippen LogP) is 3.23. The van der Waals surface area contributed by atoms with E-state index in [4.69, 9.17) is 11.6 Å². The molecule has 0 spiro atoms. The number of hydrogen-bond acceptors (Lipinski definition) is 4. The highest BCUT2D eigenvalue weighted by Gasteiger charge is 2.35. The van der Waals surface area contributed by atoms with Crippen LogP contribution in [0.5, 0.6) is 5.75 Å². The number of nitrogens with zero attached hydrogens (tertiary/aromatic N) is 2. The number of alkyl halides is 4. The smallest absolute Gasteiger partial charge is 0.404 e. The molecular formula is C7H3ClF3IN2O3. The first-order chi connectivity index (χ1) is 7.76. The first-order valence-electron chi connectivity index (χ1n) is 3.89. The number of ether oxygens (including phenoxy) is 1. The van der Waals surface area contributed by atoms with E-state index in [9.17, 15) is 23.3 Å². The highest BCUT2D eigenvalue weighted by molar-refractivity contribution is 14.1. The van der Waals surface area contributed by atoms with E-state index >= 15 is 0 Å². The second-order valence-corrected chi connectivity index (χ2v) is 4.11. The van der Waals surface area contributed by atoms with Crippen molar-refractivity contribution in [2.75, 3.05) is 0 Å². The quantitative estimate of drug-likeness (QED) is 0.348. The van der Waals surface area contributed by atoms with Gasteiger partial charge in [-0.15, -0.1) is 24.8 Å². The minimum absolute atomic E-state index is 0.0128. The second-order valence-electron chi connectivity index (χ2n) is 2.68. The van der Waals surface area contributed by atoms with Gasteiger partial charge in [0.15, 0.2) is 11.9 Å². The van der Waals surface area contributed by atoms with Gasteiger partial charge in [0.1, 0.15) is 5.56 Å². The Bertz CT molecular complexity index is 455. The Balaban J connectivity index is 3.35. The zero-order valence-corrected chi connectivity index (χ0v) is 10.7. The van der Waals surface area contributed by atoms with E-state index in [1.807, 2.05) is 0 Å². The van der Waals surface area contributed by atoms with Crippen LogP contribution < -0.4 is 4.74 Å². The van der Waals surface area contributed by atoms with E-state index in [2.05, 4.69) is 9.72 Å². The largest absolute Gasteiger partial charge is 0.573 e. The summed E-state index contributed by atoms with van der Waals surface area (Å²) in [5.41, 5.74) is -0.402. The van der Waals surface area contributed by atoms with Crippen LogP contribution in [0.1, 0.15) is 5.56 Å². The normalized spacial score (nSPS) is 11.4. The van der Waals surface area contributed by atoms with Crippen LogP contribution in [0.15, 0.2) is 6.20 Å². The average molecular weight is 382 g/mol. The summed E-state index contributed by atoms with van der Waals surface area (Å²) in [5, 5.41) is 10.6. The molecule has 0 aliphatic rings. The van der Waals surface area contributed by atoms with E-state index in [-0.39, 0.29) is 3.57 Å². The molecule has 5 nitrogen and oxygen atoms in total. The molecule has 0 unspecified atom stereocenters. The lowest BCUT2D eigenvalue weighted by atomic mass is 10.2. The van der Waals surface area contributed by atoms with Crippen molar-refractivity contribution in [3.8, 4) is 5.75 Å². The van der Waals surface area contributed by atoms with E-state index < -0.39 is 34.3 Å². The Morgan fingerprint density at radius 2 is 2.18 bits per heavy atom. The number of nitro groups is 1. The summed E-state index contributed by atoms with van der Waals surface area (Å²) in [5.74, 6) is -1.94. The monoisotopic (exact) mass is 382 g/mol. The summed E-state index contributed by atoms with van der Waals surface area (Å²) in [6.45, 7) is 0. The molecule has 1 heterocycles. The van der Waals surface area contributed by atoms with Gasteiger partial charge in [-0.2, -0.15) is 0 Å². The maximum absolute atomic E-state index is 12.1. The Morgan fingerprint density at radius 1 is 1.59 bits per heavy atom. The van der Waals surface area contributed by atoms with Crippen molar-refractivity contribution in [1.29, 1.82) is 0 Å². The second kappa shape index (κ2) is 5.21. The van der Waals surface area contributed by atoms with Gasteiger partial charge in [-0.1, -0.05) is 0 Å². The molecular weight excluding hydrogens is 379 g/mol. The van der Waals surface area contributed by atoms with Gasteiger partial charge in [-0.3, -0.25) is 0 Å². The van der Waals surface area contributed by atoms with Crippen LogP contribution in [0.25, 0.3) is 0 Å². The summed E-state index contributed by atoms with van der Waals surface area (Å²) in [4.78, 5) is 13.0. The Hall–Kier alpha value is -0.840. The topological polar surface area (TPSA) is 65.3 Å². The highest BCUT2D eigenvalue weighted by atomic mass is 127. The zero-order valence-electron chi connectivity index (χ0n) is 7.79. The molecule has 0 bridgehead atoms. The summed E-state index contributed by atoms with van der Waals surface area (Å²) >= 11 is 6.91. The minimum atomic E-state index is -4.95. The van der Waals surface area contributed by atoms with Crippen LogP contribution in [-0.2, 0) is 5.88 Å². The van der Waals surface area contributed by atoms with Gasteiger partial charge in [0, 0.05) is 0 Å². The molecule has 0 aromatic carbocycles. The van der Waals surface area contributed by atoms with Gasteiger partial charge in [-0.05, 0) is 32.5 Å². The Kier molecular flexibility index (Phi) is 4.36. The number of halogens is 5. The van der Waals surface area contributed by atoms with Crippen molar-refractivity contribution in [2.45, 2.75) is 12.2 Å². The summed E-state index contributed by atoms with van der Waals surface area (Å²) in [6, 6.07) is 0. The van der Waals surface area contributed by atoms with E-state index in [1.54, 1.807) is 0 Å². The number of aromatic nitrogens is 1. The number of pyridine rings is 1. The first-order valence-corrected chi connectivity index (χ1v) is 5.51. The lowest BCUT2D eigenvalue weighted by Crippen LogP contribution is -2.19. The number of hydrogen-bond donors (Lipinski definition) is 0. The van der Waals surface area contributed by atoms with Crippen molar-refractivity contribution in [1.82, 2.24) is 4.98 Å². The molecule has 0 saturated carbocycles. The van der Waals surface area contributed by atoms with Crippen LogP contribution in [-0.4, -0.2) is 16.3 Å². The first kappa shape index (κ1) is 14.2. The van der Waals surface area contributed by atoms with Crippen LogP contribution in [0.2, 0.25) is 0 Å². The number of rotatable bonds is 3. The summed E-state index contributed by atoms with van der Waals surface area (Å²) < 4.78 is 40.0. The molecule has 0 aliphatic heterocycles. The molecule has 0 N–H and O–H groups in total. The van der Waals surface area contributed by atoms with Crippen LogP contribution in [0, 0.1) is 13.7 Å². The third kappa shape index (κ3) is 3.56.